The summed E-state index contributed by atoms with van der Waals surface area (Å²) in [5.41, 5.74) is -3.09. The number of rotatable bonds is 3. The molecule has 14 heteroatoms. The van der Waals surface area contributed by atoms with Crippen LogP contribution >= 0.6 is 11.6 Å². The monoisotopic (exact) mass is 476 g/mol. The van der Waals surface area contributed by atoms with Crippen LogP contribution in [0.5, 0.6) is 0 Å². The number of imidazole rings is 1. The predicted molar refractivity (Wildman–Crippen MR) is 98.7 cm³/mol. The van der Waals surface area contributed by atoms with E-state index in [1.165, 1.54) is 0 Å². The Bertz CT molecular complexity index is 1300. The highest BCUT2D eigenvalue weighted by Crippen LogP contribution is 2.37. The molecule has 4 rings (SSSR count). The van der Waals surface area contributed by atoms with E-state index in [1.54, 1.807) is 0 Å². The molecule has 32 heavy (non-hydrogen) atoms. The first-order chi connectivity index (χ1) is 14.9. The van der Waals surface area contributed by atoms with E-state index in [0.717, 1.165) is 47.0 Å². The van der Waals surface area contributed by atoms with Crippen molar-refractivity contribution < 1.29 is 30.7 Å². The number of alkyl halides is 6. The first kappa shape index (κ1) is 21.7. The lowest BCUT2D eigenvalue weighted by molar-refractivity contribution is -0.140. The van der Waals surface area contributed by atoms with Crippen molar-refractivity contribution in [3.05, 3.63) is 65.0 Å². The fourth-order valence-electron chi connectivity index (χ4n) is 2.81. The Hall–Kier alpha value is -3.48. The summed E-state index contributed by atoms with van der Waals surface area (Å²) in [6.07, 6.45) is -8.71. The van der Waals surface area contributed by atoms with Gasteiger partial charge >= 0.3 is 12.4 Å². The van der Waals surface area contributed by atoms with E-state index in [-0.39, 0.29) is 17.3 Å². The first-order valence-electron chi connectivity index (χ1n) is 8.53. The molecule has 1 aromatic carbocycles. The van der Waals surface area contributed by atoms with Gasteiger partial charge in [0.15, 0.2) is 11.5 Å². The molecule has 0 fully saturated rings. The molecule has 0 saturated carbocycles. The minimum Gasteiger partial charge on any atom is -0.324 e. The van der Waals surface area contributed by atoms with Gasteiger partial charge in [-0.25, -0.2) is 9.37 Å². The van der Waals surface area contributed by atoms with Crippen LogP contribution in [0.15, 0.2) is 42.6 Å². The normalized spacial score (nSPS) is 12.4. The van der Waals surface area contributed by atoms with Gasteiger partial charge in [0.05, 0.1) is 5.56 Å². The number of hydrogen-bond donors (Lipinski definition) is 1. The van der Waals surface area contributed by atoms with E-state index in [2.05, 4.69) is 25.3 Å². The van der Waals surface area contributed by atoms with E-state index < -0.39 is 46.2 Å². The molecule has 166 valence electrons. The number of nitrogens with zero attached hydrogens (tertiary/aromatic N) is 5. The molecular formula is C18H8ClF7N6. The summed E-state index contributed by atoms with van der Waals surface area (Å²) in [4.78, 5) is 14.8. The lowest BCUT2D eigenvalue weighted by Crippen LogP contribution is -2.10. The van der Waals surface area contributed by atoms with Gasteiger partial charge in [-0.2, -0.15) is 41.3 Å². The summed E-state index contributed by atoms with van der Waals surface area (Å²) in [5.74, 6) is -1.77. The van der Waals surface area contributed by atoms with Crippen molar-refractivity contribution in [3.63, 3.8) is 0 Å². The lowest BCUT2D eigenvalue weighted by atomic mass is 10.2. The summed E-state index contributed by atoms with van der Waals surface area (Å²) in [6, 6.07) is 5.71. The van der Waals surface area contributed by atoms with Gasteiger partial charge in [-0.05, 0) is 48.0 Å². The Labute approximate surface area is 178 Å². The Morgan fingerprint density at radius 1 is 0.812 bits per heavy atom. The van der Waals surface area contributed by atoms with Crippen LogP contribution in [0.1, 0.15) is 11.3 Å². The zero-order chi connectivity index (χ0) is 23.3. The van der Waals surface area contributed by atoms with Gasteiger partial charge in [-0.1, -0.05) is 0 Å². The second-order valence-electron chi connectivity index (χ2n) is 6.33. The number of pyridine rings is 1. The second-order valence-corrected chi connectivity index (χ2v) is 6.67. The molecule has 0 amide bonds. The largest absolute Gasteiger partial charge is 0.435 e. The van der Waals surface area contributed by atoms with Gasteiger partial charge in [0.2, 0.25) is 11.2 Å². The average molecular weight is 477 g/mol. The number of benzene rings is 1. The van der Waals surface area contributed by atoms with Crippen molar-refractivity contribution in [1.29, 1.82) is 0 Å². The molecule has 3 heterocycles. The zero-order valence-corrected chi connectivity index (χ0v) is 16.1. The molecule has 1 N–H and O–H groups in total. The van der Waals surface area contributed by atoms with E-state index in [4.69, 9.17) is 11.6 Å². The Balaban J connectivity index is 1.80. The summed E-state index contributed by atoms with van der Waals surface area (Å²) in [6.45, 7) is 0. The van der Waals surface area contributed by atoms with Gasteiger partial charge in [0.1, 0.15) is 17.2 Å². The predicted octanol–water partition coefficient (Wildman–Crippen LogP) is 5.76. The maximum Gasteiger partial charge on any atom is 0.435 e. The van der Waals surface area contributed by atoms with Gasteiger partial charge in [0.25, 0.3) is 0 Å². The van der Waals surface area contributed by atoms with Crippen molar-refractivity contribution in [3.8, 4) is 11.5 Å². The molecule has 0 spiro atoms. The Kier molecular flexibility index (Phi) is 5.15. The minimum absolute atomic E-state index is 0.103. The van der Waals surface area contributed by atoms with Crippen LogP contribution in [0.25, 0.3) is 17.2 Å². The molecule has 0 saturated heterocycles. The van der Waals surface area contributed by atoms with Crippen LogP contribution in [0.2, 0.25) is 5.28 Å². The van der Waals surface area contributed by atoms with Gasteiger partial charge < -0.3 is 5.32 Å². The van der Waals surface area contributed by atoms with Crippen molar-refractivity contribution >= 4 is 28.9 Å². The molecule has 0 aliphatic heterocycles. The van der Waals surface area contributed by atoms with E-state index >= 15 is 0 Å². The number of hydrogen-bond acceptors (Lipinski definition) is 5. The van der Waals surface area contributed by atoms with Crippen molar-refractivity contribution in [2.45, 2.75) is 12.4 Å². The third kappa shape index (κ3) is 4.28. The van der Waals surface area contributed by atoms with Gasteiger partial charge in [0, 0.05) is 11.9 Å². The average Bonchev–Trinajstić information content (AvgIpc) is 3.06. The molecule has 6 nitrogen and oxygen atoms in total. The lowest BCUT2D eigenvalue weighted by Gasteiger charge is -2.10. The maximum absolute atomic E-state index is 13.7. The minimum atomic E-state index is -4.93. The molecule has 0 aliphatic carbocycles. The molecule has 0 atom stereocenters. The molecule has 3 aromatic heterocycles. The molecule has 4 aromatic rings. The van der Waals surface area contributed by atoms with Crippen LogP contribution in [0, 0.1) is 5.82 Å². The Morgan fingerprint density at radius 3 is 2.12 bits per heavy atom. The summed E-state index contributed by atoms with van der Waals surface area (Å²) >= 11 is 5.83. The molecule has 0 aliphatic rings. The van der Waals surface area contributed by atoms with Crippen LogP contribution in [-0.2, 0) is 12.4 Å². The summed E-state index contributed by atoms with van der Waals surface area (Å²) in [5, 5.41) is 2.03. The maximum atomic E-state index is 13.7. The third-order valence-electron chi connectivity index (χ3n) is 4.14. The number of anilines is 2. The van der Waals surface area contributed by atoms with Crippen molar-refractivity contribution in [1.82, 2.24) is 24.3 Å². The zero-order valence-electron chi connectivity index (χ0n) is 15.3. The van der Waals surface area contributed by atoms with E-state index in [0.29, 0.717) is 0 Å². The third-order valence-corrected chi connectivity index (χ3v) is 4.31. The SMILES string of the molecule is Fc1ccc2nc(C(F)(F)F)c(-c3nc(Cl)nc(Nc4ccc(C(F)(F)F)cc4)n3)n2c1. The molecule has 0 radical (unpaired) electrons. The Morgan fingerprint density at radius 2 is 1.50 bits per heavy atom. The number of fused-ring (bicyclic) bond motifs is 1. The standard InChI is InChI=1S/C18H8ClF7N6/c19-15-29-14(12-13(18(24,25)26)28-11-6-3-9(20)7-32(11)12)30-16(31-15)27-10-4-1-8(2-5-10)17(21,22)23/h1-7H,(H,27,29,30,31). The van der Waals surface area contributed by atoms with Gasteiger partial charge in [-0.3, -0.25) is 4.40 Å². The highest BCUT2D eigenvalue weighted by atomic mass is 35.5. The summed E-state index contributed by atoms with van der Waals surface area (Å²) in [7, 11) is 0. The van der Waals surface area contributed by atoms with Crippen LogP contribution in [-0.4, -0.2) is 24.3 Å². The number of halogens is 8. The highest BCUT2D eigenvalue weighted by Gasteiger charge is 2.39. The first-order valence-corrected chi connectivity index (χ1v) is 8.90. The van der Waals surface area contributed by atoms with Crippen LogP contribution < -0.4 is 5.32 Å². The fourth-order valence-corrected chi connectivity index (χ4v) is 2.97. The quantitative estimate of drug-likeness (QED) is 0.381. The number of nitrogens with one attached hydrogen (secondary N) is 1. The number of aromatic nitrogens is 5. The smallest absolute Gasteiger partial charge is 0.324 e. The van der Waals surface area contributed by atoms with Crippen molar-refractivity contribution in [2.24, 2.45) is 0 Å². The van der Waals surface area contributed by atoms with Crippen LogP contribution in [0.3, 0.4) is 0 Å². The molecule has 0 bridgehead atoms. The van der Waals surface area contributed by atoms with E-state index in [9.17, 15) is 30.7 Å². The van der Waals surface area contributed by atoms with Gasteiger partial charge in [-0.15, -0.1) is 0 Å². The molecular weight excluding hydrogens is 469 g/mol. The fraction of sp³-hybridized carbons (Fsp3) is 0.111. The molecule has 0 unspecified atom stereocenters. The summed E-state index contributed by atoms with van der Waals surface area (Å²) < 4.78 is 93.3. The highest BCUT2D eigenvalue weighted by molar-refractivity contribution is 6.28. The van der Waals surface area contributed by atoms with E-state index in [1.807, 2.05) is 0 Å². The topological polar surface area (TPSA) is 68.0 Å². The van der Waals surface area contributed by atoms with Crippen LogP contribution in [0.4, 0.5) is 42.4 Å². The second kappa shape index (κ2) is 7.58. The van der Waals surface area contributed by atoms with Crippen molar-refractivity contribution in [2.75, 3.05) is 5.32 Å².